The second-order valence-electron chi connectivity index (χ2n) is 5.97. The molecule has 20 heavy (non-hydrogen) atoms. The molecule has 1 aromatic rings. The Kier molecular flexibility index (Phi) is 5.65. The van der Waals surface area contributed by atoms with Gasteiger partial charge in [-0.2, -0.15) is 0 Å². The first-order chi connectivity index (χ1) is 9.62. The summed E-state index contributed by atoms with van der Waals surface area (Å²) in [5.74, 6) is 0. The van der Waals surface area contributed by atoms with Crippen LogP contribution in [0.2, 0.25) is 0 Å². The fourth-order valence-electron chi connectivity index (χ4n) is 3.22. The molecule has 0 radical (unpaired) electrons. The van der Waals surface area contributed by atoms with E-state index in [9.17, 15) is 0 Å². The van der Waals surface area contributed by atoms with Gasteiger partial charge in [-0.3, -0.25) is 4.90 Å². The molecule has 0 saturated carbocycles. The first-order valence-electron chi connectivity index (χ1n) is 7.86. The molecule has 0 aromatic heterocycles. The summed E-state index contributed by atoms with van der Waals surface area (Å²) in [4.78, 5) is 2.67. The van der Waals surface area contributed by atoms with Gasteiger partial charge in [0.15, 0.2) is 0 Å². The van der Waals surface area contributed by atoms with Crippen LogP contribution in [-0.4, -0.2) is 29.6 Å². The van der Waals surface area contributed by atoms with Crippen LogP contribution >= 0.6 is 15.9 Å². The van der Waals surface area contributed by atoms with Crippen molar-refractivity contribution in [1.82, 2.24) is 10.2 Å². The van der Waals surface area contributed by atoms with Crippen molar-refractivity contribution >= 4 is 15.9 Å². The molecule has 0 bridgehead atoms. The lowest BCUT2D eigenvalue weighted by Crippen LogP contribution is -2.63. The topological polar surface area (TPSA) is 15.3 Å². The molecule has 0 spiro atoms. The lowest BCUT2D eigenvalue weighted by atomic mass is 9.88. The molecule has 1 fully saturated rings. The molecule has 0 amide bonds. The van der Waals surface area contributed by atoms with Gasteiger partial charge in [-0.25, -0.2) is 0 Å². The van der Waals surface area contributed by atoms with E-state index in [2.05, 4.69) is 71.2 Å². The number of piperazine rings is 1. The van der Waals surface area contributed by atoms with Crippen molar-refractivity contribution in [3.8, 4) is 0 Å². The molecule has 2 nitrogen and oxygen atoms in total. The van der Waals surface area contributed by atoms with E-state index in [0.717, 1.165) is 19.6 Å². The maximum Gasteiger partial charge on any atom is 0.0304 e. The fraction of sp³-hybridized carbons (Fsp3) is 0.647. The largest absolute Gasteiger partial charge is 0.308 e. The van der Waals surface area contributed by atoms with Gasteiger partial charge in [-0.05, 0) is 37.0 Å². The highest BCUT2D eigenvalue weighted by atomic mass is 79.9. The second kappa shape index (κ2) is 7.06. The van der Waals surface area contributed by atoms with Crippen LogP contribution in [-0.2, 0) is 6.54 Å². The van der Waals surface area contributed by atoms with E-state index in [-0.39, 0.29) is 0 Å². The summed E-state index contributed by atoms with van der Waals surface area (Å²) in [6, 6.07) is 9.37. The smallest absolute Gasteiger partial charge is 0.0304 e. The summed E-state index contributed by atoms with van der Waals surface area (Å²) in [6.07, 6.45) is 3.62. The van der Waals surface area contributed by atoms with Crippen molar-refractivity contribution in [2.45, 2.75) is 58.2 Å². The molecular weight excluding hydrogens is 312 g/mol. The van der Waals surface area contributed by atoms with E-state index in [1.54, 1.807) is 0 Å². The van der Waals surface area contributed by atoms with Crippen molar-refractivity contribution in [2.75, 3.05) is 13.1 Å². The molecular formula is C17H27BrN2. The number of nitrogens with zero attached hydrogens (tertiary/aromatic N) is 1. The summed E-state index contributed by atoms with van der Waals surface area (Å²) >= 11 is 3.58. The zero-order valence-electron chi connectivity index (χ0n) is 13.0. The number of nitrogens with one attached hydrogen (secondary N) is 1. The van der Waals surface area contributed by atoms with Crippen LogP contribution in [0.15, 0.2) is 28.7 Å². The molecule has 1 N–H and O–H groups in total. The minimum Gasteiger partial charge on any atom is -0.308 e. The van der Waals surface area contributed by atoms with Gasteiger partial charge >= 0.3 is 0 Å². The minimum absolute atomic E-state index is 0.303. The number of hydrogen-bond acceptors (Lipinski definition) is 2. The molecule has 112 valence electrons. The quantitative estimate of drug-likeness (QED) is 0.865. The lowest BCUT2D eigenvalue weighted by molar-refractivity contribution is 0.0643. The molecule has 1 heterocycles. The Hall–Kier alpha value is -0.380. The average Bonchev–Trinajstić information content (AvgIpc) is 2.47. The highest BCUT2D eigenvalue weighted by molar-refractivity contribution is 9.10. The fourth-order valence-corrected chi connectivity index (χ4v) is 3.66. The summed E-state index contributed by atoms with van der Waals surface area (Å²) in [6.45, 7) is 10.2. The Labute approximate surface area is 132 Å². The third kappa shape index (κ3) is 3.63. The van der Waals surface area contributed by atoms with Gasteiger partial charge in [-0.1, -0.05) is 48.8 Å². The van der Waals surface area contributed by atoms with Crippen LogP contribution < -0.4 is 5.32 Å². The predicted molar refractivity (Wildman–Crippen MR) is 89.9 cm³/mol. The van der Waals surface area contributed by atoms with Gasteiger partial charge in [0.25, 0.3) is 0 Å². The normalized spacial score (nSPS) is 22.9. The Morgan fingerprint density at radius 3 is 2.65 bits per heavy atom. The number of rotatable bonds is 5. The Morgan fingerprint density at radius 1 is 1.30 bits per heavy atom. The molecule has 1 aromatic carbocycles. The Morgan fingerprint density at radius 2 is 2.05 bits per heavy atom. The molecule has 2 rings (SSSR count). The summed E-state index contributed by atoms with van der Waals surface area (Å²) < 4.78 is 1.18. The van der Waals surface area contributed by atoms with E-state index in [4.69, 9.17) is 0 Å². The van der Waals surface area contributed by atoms with Gasteiger partial charge in [0, 0.05) is 35.7 Å². The molecule has 3 heteroatoms. The van der Waals surface area contributed by atoms with E-state index in [0.29, 0.717) is 11.6 Å². The number of hydrogen-bond donors (Lipinski definition) is 1. The van der Waals surface area contributed by atoms with Crippen LogP contribution in [0.5, 0.6) is 0 Å². The predicted octanol–water partition coefficient (Wildman–Crippen LogP) is 4.19. The Balaban J connectivity index is 2.13. The van der Waals surface area contributed by atoms with E-state index in [1.807, 2.05) is 0 Å². The second-order valence-corrected chi connectivity index (χ2v) is 6.88. The van der Waals surface area contributed by atoms with Crippen molar-refractivity contribution in [3.63, 3.8) is 0 Å². The zero-order chi connectivity index (χ0) is 14.6. The molecule has 1 aliphatic rings. The molecule has 1 atom stereocenters. The third-order valence-electron chi connectivity index (χ3n) is 4.83. The van der Waals surface area contributed by atoms with Crippen LogP contribution in [0, 0.1) is 0 Å². The van der Waals surface area contributed by atoms with Gasteiger partial charge in [0.2, 0.25) is 0 Å². The van der Waals surface area contributed by atoms with Crippen molar-refractivity contribution in [2.24, 2.45) is 0 Å². The van der Waals surface area contributed by atoms with Crippen molar-refractivity contribution in [1.29, 1.82) is 0 Å². The van der Waals surface area contributed by atoms with E-state index < -0.39 is 0 Å². The van der Waals surface area contributed by atoms with Crippen LogP contribution in [0.1, 0.15) is 45.6 Å². The molecule has 1 unspecified atom stereocenters. The number of halogens is 1. The first kappa shape index (κ1) is 16.0. The van der Waals surface area contributed by atoms with Crippen LogP contribution in [0.3, 0.4) is 0 Å². The maximum absolute atomic E-state index is 3.81. The highest BCUT2D eigenvalue weighted by Gasteiger charge is 2.35. The van der Waals surface area contributed by atoms with Gasteiger partial charge in [-0.15, -0.1) is 0 Å². The van der Waals surface area contributed by atoms with Crippen LogP contribution in [0.4, 0.5) is 0 Å². The Bertz CT molecular complexity index is 429. The summed E-state index contributed by atoms with van der Waals surface area (Å²) in [5.41, 5.74) is 1.71. The molecule has 1 aliphatic heterocycles. The SMILES string of the molecule is CCC1CNC(CC)(CC)CN1Cc1cccc(Br)c1. The molecule has 1 saturated heterocycles. The number of benzene rings is 1. The van der Waals surface area contributed by atoms with Gasteiger partial charge in [0.05, 0.1) is 0 Å². The summed E-state index contributed by atoms with van der Waals surface area (Å²) in [7, 11) is 0. The zero-order valence-corrected chi connectivity index (χ0v) is 14.5. The van der Waals surface area contributed by atoms with Gasteiger partial charge in [0.1, 0.15) is 0 Å². The van der Waals surface area contributed by atoms with Crippen molar-refractivity contribution in [3.05, 3.63) is 34.3 Å². The lowest BCUT2D eigenvalue weighted by Gasteiger charge is -2.47. The average molecular weight is 339 g/mol. The van der Waals surface area contributed by atoms with E-state index >= 15 is 0 Å². The van der Waals surface area contributed by atoms with Gasteiger partial charge < -0.3 is 5.32 Å². The molecule has 0 aliphatic carbocycles. The maximum atomic E-state index is 3.81. The third-order valence-corrected chi connectivity index (χ3v) is 5.33. The highest BCUT2D eigenvalue weighted by Crippen LogP contribution is 2.25. The standard InChI is InChI=1S/C17H27BrN2/c1-4-16-11-19-17(5-2,6-3)13-20(16)12-14-8-7-9-15(18)10-14/h7-10,16,19H,4-6,11-13H2,1-3H3. The summed E-state index contributed by atoms with van der Waals surface area (Å²) in [5, 5.41) is 3.81. The van der Waals surface area contributed by atoms with Crippen LogP contribution in [0.25, 0.3) is 0 Å². The monoisotopic (exact) mass is 338 g/mol. The van der Waals surface area contributed by atoms with Crippen molar-refractivity contribution < 1.29 is 0 Å². The minimum atomic E-state index is 0.303. The first-order valence-corrected chi connectivity index (χ1v) is 8.65. The van der Waals surface area contributed by atoms with E-state index in [1.165, 1.54) is 29.3 Å².